The summed E-state index contributed by atoms with van der Waals surface area (Å²) in [5.74, 6) is 1.95. The van der Waals surface area contributed by atoms with Gasteiger partial charge in [-0.15, -0.1) is 0 Å². The molecule has 1 unspecified atom stereocenters. The number of furan rings is 1. The molecule has 0 spiro atoms. The van der Waals surface area contributed by atoms with Crippen molar-refractivity contribution in [2.75, 3.05) is 6.54 Å². The van der Waals surface area contributed by atoms with Crippen LogP contribution in [0.25, 0.3) is 0 Å². The second kappa shape index (κ2) is 5.93. The molecular weight excluding hydrogens is 302 g/mol. The quantitative estimate of drug-likeness (QED) is 0.885. The molecule has 3 heteroatoms. The maximum Gasteiger partial charge on any atom is 0.106 e. The topological polar surface area (TPSA) is 25.2 Å². The van der Waals surface area contributed by atoms with Crippen LogP contribution in [-0.4, -0.2) is 6.54 Å². The Morgan fingerprint density at radius 1 is 1.16 bits per heavy atom. The van der Waals surface area contributed by atoms with Gasteiger partial charge in [-0.2, -0.15) is 0 Å². The van der Waals surface area contributed by atoms with Crippen LogP contribution >= 0.6 is 15.9 Å². The van der Waals surface area contributed by atoms with Crippen molar-refractivity contribution < 1.29 is 4.42 Å². The third kappa shape index (κ3) is 3.10. The van der Waals surface area contributed by atoms with Gasteiger partial charge in [0.15, 0.2) is 0 Å². The Morgan fingerprint density at radius 2 is 1.89 bits per heavy atom. The molecule has 2 rings (SSSR count). The lowest BCUT2D eigenvalue weighted by molar-refractivity contribution is 0.495. The molecule has 0 fully saturated rings. The maximum absolute atomic E-state index is 5.68. The average Bonchev–Trinajstić information content (AvgIpc) is 2.66. The van der Waals surface area contributed by atoms with E-state index in [9.17, 15) is 0 Å². The smallest absolute Gasteiger partial charge is 0.106 e. The fraction of sp³-hybridized carbons (Fsp3) is 0.375. The van der Waals surface area contributed by atoms with Gasteiger partial charge in [0.25, 0.3) is 0 Å². The van der Waals surface area contributed by atoms with Crippen LogP contribution in [0.5, 0.6) is 0 Å². The molecule has 1 aromatic carbocycles. The molecule has 0 saturated carbocycles. The number of rotatable bonds is 4. The van der Waals surface area contributed by atoms with Gasteiger partial charge in [0, 0.05) is 10.0 Å². The highest BCUT2D eigenvalue weighted by atomic mass is 79.9. The van der Waals surface area contributed by atoms with E-state index in [1.54, 1.807) is 0 Å². The van der Waals surface area contributed by atoms with E-state index in [0.29, 0.717) is 0 Å². The summed E-state index contributed by atoms with van der Waals surface area (Å²) in [4.78, 5) is 0. The molecule has 1 heterocycles. The van der Waals surface area contributed by atoms with Crippen LogP contribution in [0.4, 0.5) is 0 Å². The molecule has 0 amide bonds. The van der Waals surface area contributed by atoms with Gasteiger partial charge in [0.05, 0.1) is 6.04 Å². The van der Waals surface area contributed by atoms with Crippen molar-refractivity contribution in [1.82, 2.24) is 5.32 Å². The zero-order valence-electron chi connectivity index (χ0n) is 11.9. The van der Waals surface area contributed by atoms with E-state index in [1.807, 2.05) is 13.8 Å². The maximum atomic E-state index is 5.68. The minimum Gasteiger partial charge on any atom is -0.466 e. The van der Waals surface area contributed by atoms with Crippen LogP contribution in [0.3, 0.4) is 0 Å². The van der Waals surface area contributed by atoms with E-state index in [-0.39, 0.29) is 6.04 Å². The SMILES string of the molecule is CCNC(c1ccc(Br)cc1C)c1cc(C)oc1C. The molecule has 1 N–H and O–H groups in total. The normalized spacial score (nSPS) is 12.7. The van der Waals surface area contributed by atoms with E-state index in [1.165, 1.54) is 16.7 Å². The van der Waals surface area contributed by atoms with Gasteiger partial charge in [0.1, 0.15) is 11.5 Å². The van der Waals surface area contributed by atoms with Gasteiger partial charge < -0.3 is 9.73 Å². The number of nitrogens with one attached hydrogen (secondary N) is 1. The summed E-state index contributed by atoms with van der Waals surface area (Å²) >= 11 is 3.52. The first-order chi connectivity index (χ1) is 9.02. The van der Waals surface area contributed by atoms with Gasteiger partial charge in [-0.25, -0.2) is 0 Å². The standard InChI is InChI=1S/C16H20BrNO/c1-5-18-16(15-9-11(3)19-12(15)4)14-7-6-13(17)8-10(14)2/h6-9,16,18H,5H2,1-4H3. The van der Waals surface area contributed by atoms with Crippen molar-refractivity contribution in [3.63, 3.8) is 0 Å². The number of hydrogen-bond acceptors (Lipinski definition) is 2. The highest BCUT2D eigenvalue weighted by Crippen LogP contribution is 2.30. The van der Waals surface area contributed by atoms with Crippen LogP contribution in [0.2, 0.25) is 0 Å². The van der Waals surface area contributed by atoms with E-state index >= 15 is 0 Å². The zero-order valence-corrected chi connectivity index (χ0v) is 13.5. The van der Waals surface area contributed by atoms with Crippen LogP contribution in [0, 0.1) is 20.8 Å². The first-order valence-corrected chi connectivity index (χ1v) is 7.38. The third-order valence-electron chi connectivity index (χ3n) is 3.34. The minimum absolute atomic E-state index is 0.190. The predicted octanol–water partition coefficient (Wildman–Crippen LogP) is 4.67. The summed E-state index contributed by atoms with van der Waals surface area (Å²) in [6, 6.07) is 8.74. The molecule has 102 valence electrons. The van der Waals surface area contributed by atoms with Gasteiger partial charge in [0.2, 0.25) is 0 Å². The third-order valence-corrected chi connectivity index (χ3v) is 3.83. The molecule has 1 aromatic heterocycles. The van der Waals surface area contributed by atoms with E-state index < -0.39 is 0 Å². The Kier molecular flexibility index (Phi) is 4.48. The largest absolute Gasteiger partial charge is 0.466 e. The van der Waals surface area contributed by atoms with Crippen molar-refractivity contribution in [3.05, 3.63) is 56.9 Å². The van der Waals surface area contributed by atoms with Gasteiger partial charge >= 0.3 is 0 Å². The highest BCUT2D eigenvalue weighted by Gasteiger charge is 2.19. The monoisotopic (exact) mass is 321 g/mol. The fourth-order valence-corrected chi connectivity index (χ4v) is 2.97. The first kappa shape index (κ1) is 14.4. The molecule has 0 aliphatic heterocycles. The van der Waals surface area contributed by atoms with Crippen molar-refractivity contribution in [2.24, 2.45) is 0 Å². The lowest BCUT2D eigenvalue weighted by Crippen LogP contribution is -2.23. The average molecular weight is 322 g/mol. The van der Waals surface area contributed by atoms with Crippen LogP contribution in [0.15, 0.2) is 33.2 Å². The Balaban J connectivity index is 2.48. The lowest BCUT2D eigenvalue weighted by Gasteiger charge is -2.20. The molecule has 2 aromatic rings. The Labute approximate surface area is 123 Å². The number of hydrogen-bond donors (Lipinski definition) is 1. The molecule has 2 nitrogen and oxygen atoms in total. The predicted molar refractivity (Wildman–Crippen MR) is 82.6 cm³/mol. The summed E-state index contributed by atoms with van der Waals surface area (Å²) < 4.78 is 6.79. The van der Waals surface area contributed by atoms with E-state index in [4.69, 9.17) is 4.42 Å². The molecule has 0 saturated heterocycles. The summed E-state index contributed by atoms with van der Waals surface area (Å²) in [6.45, 7) is 9.22. The Morgan fingerprint density at radius 3 is 2.42 bits per heavy atom. The molecule has 0 bridgehead atoms. The van der Waals surface area contributed by atoms with Crippen molar-refractivity contribution in [2.45, 2.75) is 33.7 Å². The molecular formula is C16H20BrNO. The Hall–Kier alpha value is -1.06. The van der Waals surface area contributed by atoms with Crippen molar-refractivity contribution in [1.29, 1.82) is 0 Å². The second-order valence-corrected chi connectivity index (χ2v) is 5.78. The van der Waals surface area contributed by atoms with Crippen LogP contribution < -0.4 is 5.32 Å². The zero-order chi connectivity index (χ0) is 14.0. The molecule has 19 heavy (non-hydrogen) atoms. The summed E-state index contributed by atoms with van der Waals surface area (Å²) in [5.41, 5.74) is 3.80. The van der Waals surface area contributed by atoms with E-state index in [2.05, 4.69) is 59.4 Å². The molecule has 0 aliphatic carbocycles. The van der Waals surface area contributed by atoms with Gasteiger partial charge in [-0.05, 0) is 56.6 Å². The fourth-order valence-electron chi connectivity index (χ4n) is 2.49. The van der Waals surface area contributed by atoms with Crippen LogP contribution in [-0.2, 0) is 0 Å². The minimum atomic E-state index is 0.190. The number of halogens is 1. The van der Waals surface area contributed by atoms with Crippen molar-refractivity contribution >= 4 is 15.9 Å². The number of benzene rings is 1. The Bertz CT molecular complexity index is 574. The van der Waals surface area contributed by atoms with Gasteiger partial charge in [-0.3, -0.25) is 0 Å². The first-order valence-electron chi connectivity index (χ1n) is 6.59. The van der Waals surface area contributed by atoms with Crippen LogP contribution in [0.1, 0.15) is 41.2 Å². The van der Waals surface area contributed by atoms with Gasteiger partial charge in [-0.1, -0.05) is 28.9 Å². The van der Waals surface area contributed by atoms with E-state index in [0.717, 1.165) is 22.5 Å². The molecule has 1 atom stereocenters. The summed E-state index contributed by atoms with van der Waals surface area (Å²) in [5, 5.41) is 3.55. The second-order valence-electron chi connectivity index (χ2n) is 4.86. The highest BCUT2D eigenvalue weighted by molar-refractivity contribution is 9.10. The summed E-state index contributed by atoms with van der Waals surface area (Å²) in [7, 11) is 0. The van der Waals surface area contributed by atoms with Crippen molar-refractivity contribution in [3.8, 4) is 0 Å². The molecule has 0 aliphatic rings. The molecule has 0 radical (unpaired) electrons. The lowest BCUT2D eigenvalue weighted by atomic mass is 9.95. The summed E-state index contributed by atoms with van der Waals surface area (Å²) in [6.07, 6.45) is 0. The number of aryl methyl sites for hydroxylation is 3.